The van der Waals surface area contributed by atoms with E-state index in [1.54, 1.807) is 0 Å². The molecule has 4 rings (SSSR count). The predicted molar refractivity (Wildman–Crippen MR) is 105 cm³/mol. The molecule has 3 atom stereocenters. The molecule has 148 valence electrons. The van der Waals surface area contributed by atoms with Crippen molar-refractivity contribution in [2.75, 3.05) is 26.2 Å². The quantitative estimate of drug-likeness (QED) is 0.846. The van der Waals surface area contributed by atoms with E-state index in [0.29, 0.717) is 25.2 Å². The van der Waals surface area contributed by atoms with E-state index in [1.807, 2.05) is 35.2 Å². The molecule has 1 amide bonds. The van der Waals surface area contributed by atoms with Crippen molar-refractivity contribution in [1.29, 1.82) is 0 Å². The van der Waals surface area contributed by atoms with Crippen molar-refractivity contribution in [2.45, 2.75) is 49.9 Å². The Morgan fingerprint density at radius 2 is 1.78 bits per heavy atom. The number of amides is 1. The maximum Gasteiger partial charge on any atom is 0.227 e. The van der Waals surface area contributed by atoms with Crippen LogP contribution in [0.1, 0.15) is 37.7 Å². The molecule has 3 aliphatic heterocycles. The van der Waals surface area contributed by atoms with E-state index in [9.17, 15) is 13.2 Å². The summed E-state index contributed by atoms with van der Waals surface area (Å²) in [6.45, 7) is 2.40. The third-order valence-electron chi connectivity index (χ3n) is 6.15. The molecule has 3 saturated heterocycles. The van der Waals surface area contributed by atoms with Crippen LogP contribution in [0.5, 0.6) is 0 Å². The van der Waals surface area contributed by atoms with Crippen molar-refractivity contribution in [2.24, 2.45) is 5.92 Å². The Bertz CT molecular complexity index is 768. The van der Waals surface area contributed by atoms with Crippen LogP contribution in [-0.2, 0) is 20.6 Å². The Morgan fingerprint density at radius 1 is 1.00 bits per heavy atom. The van der Waals surface area contributed by atoms with E-state index in [2.05, 4.69) is 5.32 Å². The molecule has 27 heavy (non-hydrogen) atoms. The molecule has 2 bridgehead atoms. The number of nitrogens with one attached hydrogen (secondary N) is 1. The van der Waals surface area contributed by atoms with Gasteiger partial charge in [0.2, 0.25) is 15.9 Å². The molecular weight excluding hydrogens is 362 g/mol. The first kappa shape index (κ1) is 18.9. The summed E-state index contributed by atoms with van der Waals surface area (Å²) >= 11 is 0. The summed E-state index contributed by atoms with van der Waals surface area (Å²) in [5.41, 5.74) is 0.792. The number of benzene rings is 1. The lowest BCUT2D eigenvalue weighted by Crippen LogP contribution is -2.48. The van der Waals surface area contributed by atoms with E-state index < -0.39 is 10.0 Å². The van der Waals surface area contributed by atoms with Crippen molar-refractivity contribution >= 4 is 15.9 Å². The molecule has 1 aromatic carbocycles. The number of fused-ring (bicyclic) bond motifs is 2. The number of nitrogens with zero attached hydrogens (tertiary/aromatic N) is 2. The first-order chi connectivity index (χ1) is 13.0. The number of carbonyl (C=O) groups is 1. The lowest BCUT2D eigenvalue weighted by molar-refractivity contribution is -0.136. The molecule has 3 heterocycles. The normalized spacial score (nSPS) is 29.5. The summed E-state index contributed by atoms with van der Waals surface area (Å²) in [5.74, 6) is -0.0588. The maximum absolute atomic E-state index is 13.1. The molecule has 0 aromatic heterocycles. The van der Waals surface area contributed by atoms with Gasteiger partial charge in [-0.15, -0.1) is 0 Å². The highest BCUT2D eigenvalue weighted by Crippen LogP contribution is 2.26. The van der Waals surface area contributed by atoms with Gasteiger partial charge < -0.3 is 10.2 Å². The highest BCUT2D eigenvalue weighted by Gasteiger charge is 2.37. The second-order valence-corrected chi connectivity index (χ2v) is 10.1. The lowest BCUT2D eigenvalue weighted by atomic mass is 9.97. The summed E-state index contributed by atoms with van der Waals surface area (Å²) in [6, 6.07) is 10.2. The van der Waals surface area contributed by atoms with Gasteiger partial charge in [-0.1, -0.05) is 30.3 Å². The second kappa shape index (κ2) is 7.89. The van der Waals surface area contributed by atoms with Gasteiger partial charge in [0, 0.05) is 38.3 Å². The van der Waals surface area contributed by atoms with Crippen LogP contribution in [0, 0.1) is 5.92 Å². The van der Waals surface area contributed by atoms with Crippen LogP contribution in [0.4, 0.5) is 0 Å². The van der Waals surface area contributed by atoms with Crippen LogP contribution in [0.3, 0.4) is 0 Å². The van der Waals surface area contributed by atoms with Crippen LogP contribution in [0.2, 0.25) is 0 Å². The fourth-order valence-electron chi connectivity index (χ4n) is 4.67. The van der Waals surface area contributed by atoms with Gasteiger partial charge >= 0.3 is 0 Å². The smallest absolute Gasteiger partial charge is 0.227 e. The molecule has 1 N–H and O–H groups in total. The molecule has 0 aliphatic carbocycles. The van der Waals surface area contributed by atoms with Gasteiger partial charge in [0.15, 0.2) is 0 Å². The second-order valence-electron chi connectivity index (χ2n) is 8.15. The van der Waals surface area contributed by atoms with Crippen molar-refractivity contribution in [3.8, 4) is 0 Å². The van der Waals surface area contributed by atoms with Gasteiger partial charge in [0.25, 0.3) is 0 Å². The van der Waals surface area contributed by atoms with Crippen molar-refractivity contribution in [3.63, 3.8) is 0 Å². The Kier molecular flexibility index (Phi) is 5.53. The monoisotopic (exact) mass is 391 g/mol. The van der Waals surface area contributed by atoms with Gasteiger partial charge in [0.1, 0.15) is 0 Å². The van der Waals surface area contributed by atoms with Crippen LogP contribution in [-0.4, -0.2) is 61.8 Å². The van der Waals surface area contributed by atoms with E-state index >= 15 is 0 Å². The summed E-state index contributed by atoms with van der Waals surface area (Å²) in [6.07, 6.45) is 4.89. The molecule has 0 radical (unpaired) electrons. The summed E-state index contributed by atoms with van der Waals surface area (Å²) < 4.78 is 27.2. The van der Waals surface area contributed by atoms with Crippen molar-refractivity contribution in [3.05, 3.63) is 35.9 Å². The third-order valence-corrected chi connectivity index (χ3v) is 7.97. The summed E-state index contributed by atoms with van der Waals surface area (Å²) in [7, 11) is -3.40. The minimum atomic E-state index is -3.40. The number of carbonyl (C=O) groups excluding carboxylic acids is 1. The standard InChI is InChI=1S/C20H29N3O3S/c24-20(22-12-10-18-8-9-19(14-22)21-18)17-7-4-11-23(13-17)27(25,26)15-16-5-2-1-3-6-16/h1-3,5-6,17-19,21H,4,7-15H2. The fraction of sp³-hybridized carbons (Fsp3) is 0.650. The topological polar surface area (TPSA) is 69.7 Å². The van der Waals surface area contributed by atoms with E-state index in [0.717, 1.165) is 44.3 Å². The van der Waals surface area contributed by atoms with Gasteiger partial charge in [-0.2, -0.15) is 0 Å². The molecule has 3 aliphatic rings. The molecule has 6 nitrogen and oxygen atoms in total. The van der Waals surface area contributed by atoms with Gasteiger partial charge in [0.05, 0.1) is 11.7 Å². The van der Waals surface area contributed by atoms with E-state index in [1.165, 1.54) is 10.7 Å². The molecule has 7 heteroatoms. The number of hydrogen-bond acceptors (Lipinski definition) is 4. The lowest BCUT2D eigenvalue weighted by Gasteiger charge is -2.35. The zero-order chi connectivity index (χ0) is 18.9. The Labute approximate surface area is 162 Å². The highest BCUT2D eigenvalue weighted by atomic mass is 32.2. The van der Waals surface area contributed by atoms with E-state index in [-0.39, 0.29) is 17.6 Å². The maximum atomic E-state index is 13.1. The van der Waals surface area contributed by atoms with E-state index in [4.69, 9.17) is 0 Å². The SMILES string of the molecule is O=C(C1CCCN(S(=O)(=O)Cc2ccccc2)C1)N1CCC2CCC(C1)N2. The van der Waals surface area contributed by atoms with Crippen LogP contribution in [0.15, 0.2) is 30.3 Å². The largest absolute Gasteiger partial charge is 0.341 e. The van der Waals surface area contributed by atoms with Crippen LogP contribution < -0.4 is 5.32 Å². The third kappa shape index (κ3) is 4.36. The van der Waals surface area contributed by atoms with Crippen molar-refractivity contribution in [1.82, 2.24) is 14.5 Å². The first-order valence-electron chi connectivity index (χ1n) is 10.1. The van der Waals surface area contributed by atoms with Crippen LogP contribution >= 0.6 is 0 Å². The summed E-state index contributed by atoms with van der Waals surface area (Å²) in [5, 5.41) is 3.60. The number of sulfonamides is 1. The minimum Gasteiger partial charge on any atom is -0.341 e. The number of hydrogen-bond donors (Lipinski definition) is 1. The Hall–Kier alpha value is -1.44. The zero-order valence-electron chi connectivity index (χ0n) is 15.7. The van der Waals surface area contributed by atoms with Gasteiger partial charge in [-0.05, 0) is 37.7 Å². The Balaban J connectivity index is 1.40. The Morgan fingerprint density at radius 3 is 2.59 bits per heavy atom. The molecule has 3 unspecified atom stereocenters. The summed E-state index contributed by atoms with van der Waals surface area (Å²) in [4.78, 5) is 15.1. The predicted octanol–water partition coefficient (Wildman–Crippen LogP) is 1.58. The number of likely N-dealkylation sites (tertiary alicyclic amines) is 1. The molecule has 1 aromatic rings. The van der Waals surface area contributed by atoms with Crippen LogP contribution in [0.25, 0.3) is 0 Å². The number of rotatable bonds is 4. The molecule has 0 saturated carbocycles. The molecule has 0 spiro atoms. The van der Waals surface area contributed by atoms with Gasteiger partial charge in [-0.3, -0.25) is 4.79 Å². The average molecular weight is 392 g/mol. The van der Waals surface area contributed by atoms with Crippen molar-refractivity contribution < 1.29 is 13.2 Å². The van der Waals surface area contributed by atoms with Gasteiger partial charge in [-0.25, -0.2) is 12.7 Å². The fourth-order valence-corrected chi connectivity index (χ4v) is 6.28. The zero-order valence-corrected chi connectivity index (χ0v) is 16.5. The molecular formula is C20H29N3O3S. The average Bonchev–Trinajstić information content (AvgIpc) is 3.00. The molecule has 3 fully saturated rings. The number of piperidine rings is 1. The highest BCUT2D eigenvalue weighted by molar-refractivity contribution is 7.88. The minimum absolute atomic E-state index is 0.00609. The first-order valence-corrected chi connectivity index (χ1v) is 11.7.